The third-order valence-corrected chi connectivity index (χ3v) is 10.3. The number of hydrogen-bond acceptors (Lipinski definition) is 10. The Morgan fingerprint density at radius 2 is 1.00 bits per heavy atom. The van der Waals surface area contributed by atoms with Gasteiger partial charge in [-0.05, 0) is 36.1 Å². The summed E-state index contributed by atoms with van der Waals surface area (Å²) >= 11 is 3.39. The van der Waals surface area contributed by atoms with Gasteiger partial charge in [-0.3, -0.25) is 0 Å². The second-order valence-electron chi connectivity index (χ2n) is 11.7. The second-order valence-corrected chi connectivity index (χ2v) is 13.9. The van der Waals surface area contributed by atoms with Crippen LogP contribution in [0.15, 0.2) is 82.8 Å². The monoisotopic (exact) mass is 656 g/mol. The van der Waals surface area contributed by atoms with E-state index in [9.17, 15) is 0 Å². The van der Waals surface area contributed by atoms with Crippen molar-refractivity contribution in [3.63, 3.8) is 0 Å². The highest BCUT2D eigenvalue weighted by Gasteiger charge is 2.54. The van der Waals surface area contributed by atoms with Crippen LogP contribution < -0.4 is 22.1 Å². The molecule has 10 heteroatoms. The number of thioether (sulfide) groups is 2. The van der Waals surface area contributed by atoms with Gasteiger partial charge in [-0.25, -0.2) is 19.9 Å². The molecule has 2 heterocycles. The van der Waals surface area contributed by atoms with Gasteiger partial charge in [0.15, 0.2) is 0 Å². The fourth-order valence-electron chi connectivity index (χ4n) is 6.28. The molecule has 2 aromatic heterocycles. The minimum absolute atomic E-state index is 0.119. The fourth-order valence-corrected chi connectivity index (χ4v) is 7.64. The van der Waals surface area contributed by atoms with Gasteiger partial charge < -0.3 is 22.1 Å². The van der Waals surface area contributed by atoms with Crippen LogP contribution in [-0.4, -0.2) is 57.6 Å². The van der Waals surface area contributed by atoms with E-state index >= 15 is 0 Å². The zero-order valence-corrected chi connectivity index (χ0v) is 28.7. The molecule has 0 spiro atoms. The van der Waals surface area contributed by atoms with E-state index < -0.39 is 0 Å². The maximum Gasteiger partial charge on any atom is 0.223 e. The molecule has 0 aliphatic heterocycles. The highest BCUT2D eigenvalue weighted by Crippen LogP contribution is 2.66. The van der Waals surface area contributed by atoms with Crippen LogP contribution in [0.4, 0.5) is 11.9 Å². The van der Waals surface area contributed by atoms with E-state index in [2.05, 4.69) is 97.3 Å². The number of nitrogens with zero attached hydrogens (tertiary/aromatic N) is 4. The lowest BCUT2D eigenvalue weighted by Crippen LogP contribution is -2.41. The quantitative estimate of drug-likeness (QED) is 0.0494. The molecule has 1 aliphatic rings. The number of rotatable bonds is 18. The lowest BCUT2D eigenvalue weighted by molar-refractivity contribution is 0.219. The summed E-state index contributed by atoms with van der Waals surface area (Å²) in [6, 6.07) is 26.1. The molecule has 5 rings (SSSR count). The fraction of sp³-hybridized carbons (Fsp3) is 0.444. The van der Waals surface area contributed by atoms with E-state index in [1.165, 1.54) is 11.1 Å². The Hall–Kier alpha value is -3.18. The van der Waals surface area contributed by atoms with Crippen molar-refractivity contribution in [3.05, 3.63) is 95.3 Å². The number of benzene rings is 2. The van der Waals surface area contributed by atoms with Crippen molar-refractivity contribution in [2.75, 3.05) is 48.3 Å². The number of nitrogens with two attached hydrogens (primary N) is 2. The Balaban J connectivity index is 1.65. The highest BCUT2D eigenvalue weighted by molar-refractivity contribution is 7.99. The molecule has 0 saturated heterocycles. The summed E-state index contributed by atoms with van der Waals surface area (Å²) in [5.41, 5.74) is 16.5. The smallest absolute Gasteiger partial charge is 0.223 e. The van der Waals surface area contributed by atoms with Crippen molar-refractivity contribution < 1.29 is 0 Å². The van der Waals surface area contributed by atoms with Gasteiger partial charge in [0.2, 0.25) is 11.9 Å². The van der Waals surface area contributed by atoms with E-state index in [0.29, 0.717) is 25.0 Å². The number of nitrogens with one attached hydrogen (secondary N) is 2. The first-order valence-electron chi connectivity index (χ1n) is 16.7. The van der Waals surface area contributed by atoms with Crippen LogP contribution in [0.3, 0.4) is 0 Å². The Morgan fingerprint density at radius 1 is 0.587 bits per heavy atom. The Kier molecular flexibility index (Phi) is 13.1. The molecule has 4 aromatic rings. The van der Waals surface area contributed by atoms with Crippen LogP contribution in [0, 0.1) is 0 Å². The normalized spacial score (nSPS) is 19.0. The Morgan fingerprint density at radius 3 is 1.37 bits per heavy atom. The highest BCUT2D eigenvalue weighted by atomic mass is 32.2. The van der Waals surface area contributed by atoms with Crippen LogP contribution in [0.1, 0.15) is 85.7 Å². The predicted octanol–water partition coefficient (Wildman–Crippen LogP) is 7.24. The molecule has 0 atom stereocenters. The summed E-state index contributed by atoms with van der Waals surface area (Å²) < 4.78 is 0. The minimum atomic E-state index is 0.119. The molecule has 2 aromatic carbocycles. The SMILES string of the molecule is CCCCNc1nc(SCCN)cc([C@H]2[C@H](c3ccccc3)[C@H](c3cc(SCCN)nc(NCCCC)n3)[C@H]2c2ccccc2)n1. The van der Waals surface area contributed by atoms with E-state index in [4.69, 9.17) is 31.4 Å². The van der Waals surface area contributed by atoms with Crippen LogP contribution in [-0.2, 0) is 0 Å². The Bertz CT molecular complexity index is 1370. The predicted molar refractivity (Wildman–Crippen MR) is 194 cm³/mol. The van der Waals surface area contributed by atoms with Gasteiger partial charge in [0.25, 0.3) is 0 Å². The first kappa shape index (κ1) is 34.2. The zero-order valence-electron chi connectivity index (χ0n) is 27.1. The maximum absolute atomic E-state index is 5.91. The second kappa shape index (κ2) is 17.7. The van der Waals surface area contributed by atoms with E-state index in [0.717, 1.165) is 71.7 Å². The molecule has 0 radical (unpaired) electrons. The first-order chi connectivity index (χ1) is 22.7. The van der Waals surface area contributed by atoms with Crippen molar-refractivity contribution in [2.24, 2.45) is 11.5 Å². The molecule has 244 valence electrons. The molecule has 46 heavy (non-hydrogen) atoms. The standard InChI is InChI=1S/C36H48N8S2/c1-3-5-19-39-35-41-27(23-29(43-35)45-21-17-37)33-31(25-13-9-7-10-14-25)34(32(33)26-15-11-8-12-16-26)28-24-30(46-22-18-38)44-36(42-28)40-20-6-4-2/h7-16,23-24,31-34H,3-6,17-22,37-38H2,1-2H3,(H,39,41,43)(H,40,42,44)/t31-,32-,33-,34-. The van der Waals surface area contributed by atoms with Crippen LogP contribution in [0.5, 0.6) is 0 Å². The summed E-state index contributed by atoms with van der Waals surface area (Å²) in [4.78, 5) is 20.2. The summed E-state index contributed by atoms with van der Waals surface area (Å²) in [6.45, 7) is 7.28. The van der Waals surface area contributed by atoms with Gasteiger partial charge in [0.05, 0.1) is 11.4 Å². The van der Waals surface area contributed by atoms with Crippen LogP contribution in [0.25, 0.3) is 0 Å². The molecule has 1 fully saturated rings. The zero-order chi connectivity index (χ0) is 32.1. The summed E-state index contributed by atoms with van der Waals surface area (Å²) in [5.74, 6) is 3.54. The minimum Gasteiger partial charge on any atom is -0.354 e. The van der Waals surface area contributed by atoms with Crippen molar-refractivity contribution in [1.29, 1.82) is 0 Å². The van der Waals surface area contributed by atoms with Crippen molar-refractivity contribution >= 4 is 35.4 Å². The van der Waals surface area contributed by atoms with Gasteiger partial charge in [0, 0.05) is 61.4 Å². The van der Waals surface area contributed by atoms with Crippen molar-refractivity contribution in [2.45, 2.75) is 73.3 Å². The van der Waals surface area contributed by atoms with Gasteiger partial charge in [-0.2, -0.15) is 0 Å². The third kappa shape index (κ3) is 8.59. The average Bonchev–Trinajstić information content (AvgIpc) is 3.07. The molecular formula is C36H48N8S2. The summed E-state index contributed by atoms with van der Waals surface area (Å²) in [5, 5.41) is 8.94. The largest absolute Gasteiger partial charge is 0.354 e. The van der Waals surface area contributed by atoms with E-state index in [1.54, 1.807) is 23.5 Å². The average molecular weight is 657 g/mol. The molecule has 0 amide bonds. The maximum atomic E-state index is 5.91. The number of anilines is 2. The summed E-state index contributed by atoms with van der Waals surface area (Å²) in [7, 11) is 0. The molecule has 0 unspecified atom stereocenters. The molecule has 1 aliphatic carbocycles. The number of aromatic nitrogens is 4. The number of hydrogen-bond donors (Lipinski definition) is 4. The van der Waals surface area contributed by atoms with Gasteiger partial charge in [-0.1, -0.05) is 87.4 Å². The van der Waals surface area contributed by atoms with Crippen molar-refractivity contribution in [3.8, 4) is 0 Å². The first-order valence-corrected chi connectivity index (χ1v) is 18.6. The lowest BCUT2D eigenvalue weighted by atomic mass is 9.50. The van der Waals surface area contributed by atoms with Crippen LogP contribution >= 0.6 is 23.5 Å². The van der Waals surface area contributed by atoms with Gasteiger partial charge in [-0.15, -0.1) is 23.5 Å². The van der Waals surface area contributed by atoms with Crippen LogP contribution in [0.2, 0.25) is 0 Å². The molecule has 1 saturated carbocycles. The molecular weight excluding hydrogens is 609 g/mol. The molecule has 6 N–H and O–H groups in total. The van der Waals surface area contributed by atoms with Gasteiger partial charge in [0.1, 0.15) is 10.1 Å². The Labute approximate surface area is 282 Å². The van der Waals surface area contributed by atoms with Crippen molar-refractivity contribution in [1.82, 2.24) is 19.9 Å². The van der Waals surface area contributed by atoms with E-state index in [1.807, 2.05) is 0 Å². The topological polar surface area (TPSA) is 128 Å². The summed E-state index contributed by atoms with van der Waals surface area (Å²) in [6.07, 6.45) is 4.35. The van der Waals surface area contributed by atoms with E-state index in [-0.39, 0.29) is 23.7 Å². The molecule has 0 bridgehead atoms. The molecule has 8 nitrogen and oxygen atoms in total. The number of unbranched alkanes of at least 4 members (excludes halogenated alkanes) is 2. The van der Waals surface area contributed by atoms with Gasteiger partial charge >= 0.3 is 0 Å². The lowest BCUT2D eigenvalue weighted by Gasteiger charge is -2.52. The third-order valence-electron chi connectivity index (χ3n) is 8.41.